The Morgan fingerprint density at radius 2 is 1.90 bits per heavy atom. The van der Waals surface area contributed by atoms with Gasteiger partial charge in [-0.05, 0) is 42.8 Å². The second kappa shape index (κ2) is 6.65. The Morgan fingerprint density at radius 1 is 1.10 bits per heavy atom. The number of aromatic hydroxyl groups is 1. The molecule has 2 aromatic carbocycles. The summed E-state index contributed by atoms with van der Waals surface area (Å²) >= 11 is 0. The minimum Gasteiger partial charge on any atom is -0.508 e. The molecular formula is C16H16O5. The Balaban J connectivity index is 2.16. The zero-order valence-electron chi connectivity index (χ0n) is 11.6. The molecule has 0 amide bonds. The maximum absolute atomic E-state index is 11.0. The van der Waals surface area contributed by atoms with Crippen molar-refractivity contribution < 1.29 is 24.5 Å². The second-order valence-electron chi connectivity index (χ2n) is 4.36. The van der Waals surface area contributed by atoms with Gasteiger partial charge in [0.2, 0.25) is 0 Å². The predicted molar refractivity (Wildman–Crippen MR) is 77.0 cm³/mol. The van der Waals surface area contributed by atoms with Crippen molar-refractivity contribution in [3.05, 3.63) is 53.6 Å². The summed E-state index contributed by atoms with van der Waals surface area (Å²) in [6.07, 6.45) is 0. The molecule has 0 heterocycles. The SMILES string of the molecule is CCOc1cc(C(=O)O)ccc1OCc1cccc(O)c1. The van der Waals surface area contributed by atoms with Crippen LogP contribution in [-0.4, -0.2) is 22.8 Å². The molecule has 0 aliphatic carbocycles. The van der Waals surface area contributed by atoms with Gasteiger partial charge in [0.25, 0.3) is 0 Å². The third-order valence-electron chi connectivity index (χ3n) is 2.80. The van der Waals surface area contributed by atoms with E-state index in [1.54, 1.807) is 24.3 Å². The number of phenolic OH excluding ortho intramolecular Hbond substituents is 1. The third kappa shape index (κ3) is 3.89. The molecule has 2 N–H and O–H groups in total. The number of phenols is 1. The minimum absolute atomic E-state index is 0.142. The van der Waals surface area contributed by atoms with E-state index in [0.29, 0.717) is 18.1 Å². The number of carboxylic acids is 1. The van der Waals surface area contributed by atoms with E-state index in [4.69, 9.17) is 14.6 Å². The molecule has 0 radical (unpaired) electrons. The van der Waals surface area contributed by atoms with Crippen molar-refractivity contribution in [3.63, 3.8) is 0 Å². The Bertz CT molecular complexity index is 636. The van der Waals surface area contributed by atoms with Gasteiger partial charge in [-0.3, -0.25) is 0 Å². The van der Waals surface area contributed by atoms with Crippen LogP contribution in [0, 0.1) is 0 Å². The van der Waals surface area contributed by atoms with Crippen LogP contribution in [0.3, 0.4) is 0 Å². The van der Waals surface area contributed by atoms with Gasteiger partial charge in [-0.2, -0.15) is 0 Å². The maximum Gasteiger partial charge on any atom is 0.335 e. The highest BCUT2D eigenvalue weighted by atomic mass is 16.5. The van der Waals surface area contributed by atoms with Crippen molar-refractivity contribution >= 4 is 5.97 Å². The van der Waals surface area contributed by atoms with E-state index in [1.165, 1.54) is 12.1 Å². The number of hydrogen-bond donors (Lipinski definition) is 2. The van der Waals surface area contributed by atoms with E-state index in [-0.39, 0.29) is 17.9 Å². The smallest absolute Gasteiger partial charge is 0.335 e. The Kier molecular flexibility index (Phi) is 4.66. The summed E-state index contributed by atoms with van der Waals surface area (Å²) in [6, 6.07) is 11.2. The lowest BCUT2D eigenvalue weighted by molar-refractivity contribution is 0.0696. The molecule has 0 aliphatic heterocycles. The summed E-state index contributed by atoms with van der Waals surface area (Å²) in [5, 5.41) is 18.4. The van der Waals surface area contributed by atoms with E-state index in [9.17, 15) is 9.90 Å². The first-order chi connectivity index (χ1) is 10.1. The van der Waals surface area contributed by atoms with E-state index in [1.807, 2.05) is 13.0 Å². The van der Waals surface area contributed by atoms with Crippen LogP contribution in [-0.2, 0) is 6.61 Å². The lowest BCUT2D eigenvalue weighted by Crippen LogP contribution is -2.02. The summed E-state index contributed by atoms with van der Waals surface area (Å²) < 4.78 is 11.0. The van der Waals surface area contributed by atoms with Crippen molar-refractivity contribution in [2.75, 3.05) is 6.61 Å². The quantitative estimate of drug-likeness (QED) is 0.854. The number of ether oxygens (including phenoxy) is 2. The molecule has 0 aliphatic rings. The Hall–Kier alpha value is -2.69. The highest BCUT2D eigenvalue weighted by molar-refractivity contribution is 5.88. The molecule has 0 saturated carbocycles. The number of carbonyl (C=O) groups is 1. The highest BCUT2D eigenvalue weighted by Gasteiger charge is 2.10. The van der Waals surface area contributed by atoms with Gasteiger partial charge in [0.15, 0.2) is 11.5 Å². The topological polar surface area (TPSA) is 76.0 Å². The molecule has 0 aromatic heterocycles. The van der Waals surface area contributed by atoms with Crippen molar-refractivity contribution in [2.24, 2.45) is 0 Å². The fraction of sp³-hybridized carbons (Fsp3) is 0.188. The van der Waals surface area contributed by atoms with Crippen LogP contribution in [0.15, 0.2) is 42.5 Å². The summed E-state index contributed by atoms with van der Waals surface area (Å²) in [7, 11) is 0. The first kappa shape index (κ1) is 14.7. The Morgan fingerprint density at radius 3 is 2.57 bits per heavy atom. The average Bonchev–Trinajstić information content (AvgIpc) is 2.46. The van der Waals surface area contributed by atoms with E-state index in [0.717, 1.165) is 5.56 Å². The van der Waals surface area contributed by atoms with Crippen LogP contribution < -0.4 is 9.47 Å². The molecule has 5 heteroatoms. The van der Waals surface area contributed by atoms with Crippen molar-refractivity contribution in [2.45, 2.75) is 13.5 Å². The van der Waals surface area contributed by atoms with Gasteiger partial charge in [-0.1, -0.05) is 12.1 Å². The molecule has 0 fully saturated rings. The van der Waals surface area contributed by atoms with Crippen LogP contribution in [0.4, 0.5) is 0 Å². The lowest BCUT2D eigenvalue weighted by Gasteiger charge is -2.12. The summed E-state index contributed by atoms with van der Waals surface area (Å²) in [5.41, 5.74) is 0.947. The molecule has 0 bridgehead atoms. The van der Waals surface area contributed by atoms with Gasteiger partial charge in [0.1, 0.15) is 12.4 Å². The molecular weight excluding hydrogens is 272 g/mol. The molecule has 21 heavy (non-hydrogen) atoms. The number of aromatic carboxylic acids is 1. The summed E-state index contributed by atoms with van der Waals surface area (Å²) in [4.78, 5) is 11.0. The van der Waals surface area contributed by atoms with Crippen LogP contribution in [0.2, 0.25) is 0 Å². The number of benzene rings is 2. The standard InChI is InChI=1S/C16H16O5/c1-2-20-15-9-12(16(18)19)6-7-14(15)21-10-11-4-3-5-13(17)8-11/h3-9,17H,2,10H2,1H3,(H,18,19). The minimum atomic E-state index is -1.02. The molecule has 2 aromatic rings. The fourth-order valence-electron chi connectivity index (χ4n) is 1.84. The summed E-state index contributed by atoms with van der Waals surface area (Å²) in [6.45, 7) is 2.47. The predicted octanol–water partition coefficient (Wildman–Crippen LogP) is 3.07. The largest absolute Gasteiger partial charge is 0.508 e. The first-order valence-corrected chi connectivity index (χ1v) is 6.51. The van der Waals surface area contributed by atoms with Gasteiger partial charge in [-0.25, -0.2) is 4.79 Å². The maximum atomic E-state index is 11.0. The zero-order valence-corrected chi connectivity index (χ0v) is 11.6. The van der Waals surface area contributed by atoms with Gasteiger partial charge < -0.3 is 19.7 Å². The van der Waals surface area contributed by atoms with E-state index < -0.39 is 5.97 Å². The molecule has 0 unspecified atom stereocenters. The Labute approximate surface area is 122 Å². The third-order valence-corrected chi connectivity index (χ3v) is 2.80. The van der Waals surface area contributed by atoms with Gasteiger partial charge in [0, 0.05) is 0 Å². The summed E-state index contributed by atoms with van der Waals surface area (Å²) in [5.74, 6) is 0.000544. The normalized spacial score (nSPS) is 10.1. The molecule has 0 saturated heterocycles. The van der Waals surface area contributed by atoms with Crippen LogP contribution in [0.25, 0.3) is 0 Å². The van der Waals surface area contributed by atoms with Crippen molar-refractivity contribution in [3.8, 4) is 17.2 Å². The van der Waals surface area contributed by atoms with Crippen LogP contribution >= 0.6 is 0 Å². The second-order valence-corrected chi connectivity index (χ2v) is 4.36. The molecule has 0 atom stereocenters. The number of carboxylic acid groups (broad SMARTS) is 1. The van der Waals surface area contributed by atoms with Crippen LogP contribution in [0.1, 0.15) is 22.8 Å². The van der Waals surface area contributed by atoms with Gasteiger partial charge in [0.05, 0.1) is 12.2 Å². The van der Waals surface area contributed by atoms with Gasteiger partial charge in [-0.15, -0.1) is 0 Å². The zero-order chi connectivity index (χ0) is 15.2. The van der Waals surface area contributed by atoms with E-state index in [2.05, 4.69) is 0 Å². The van der Waals surface area contributed by atoms with Crippen molar-refractivity contribution in [1.82, 2.24) is 0 Å². The average molecular weight is 288 g/mol. The number of rotatable bonds is 6. The van der Waals surface area contributed by atoms with Crippen molar-refractivity contribution in [1.29, 1.82) is 0 Å². The molecule has 110 valence electrons. The molecule has 2 rings (SSSR count). The monoisotopic (exact) mass is 288 g/mol. The number of hydrogen-bond acceptors (Lipinski definition) is 4. The molecule has 0 spiro atoms. The molecule has 5 nitrogen and oxygen atoms in total. The van der Waals surface area contributed by atoms with Crippen LogP contribution in [0.5, 0.6) is 17.2 Å². The first-order valence-electron chi connectivity index (χ1n) is 6.51. The highest BCUT2D eigenvalue weighted by Crippen LogP contribution is 2.29. The van der Waals surface area contributed by atoms with E-state index >= 15 is 0 Å². The van der Waals surface area contributed by atoms with Gasteiger partial charge >= 0.3 is 5.97 Å². The fourth-order valence-corrected chi connectivity index (χ4v) is 1.84. The lowest BCUT2D eigenvalue weighted by atomic mass is 10.2.